The topological polar surface area (TPSA) is 117 Å². The molecule has 0 saturated carbocycles. The van der Waals surface area contributed by atoms with Gasteiger partial charge in [-0.1, -0.05) is 60.7 Å². The third-order valence-corrected chi connectivity index (χ3v) is 4.87. The maximum atomic E-state index is 12.4. The molecule has 3 aromatic rings. The predicted molar refractivity (Wildman–Crippen MR) is 121 cm³/mol. The highest BCUT2D eigenvalue weighted by Gasteiger charge is 2.26. The summed E-state index contributed by atoms with van der Waals surface area (Å²) in [4.78, 5) is 40.8. The monoisotopic (exact) mass is 466 g/mol. The van der Waals surface area contributed by atoms with E-state index in [0.29, 0.717) is 0 Å². The van der Waals surface area contributed by atoms with E-state index >= 15 is 0 Å². The molecule has 0 aliphatic heterocycles. The van der Waals surface area contributed by atoms with Crippen molar-refractivity contribution in [3.05, 3.63) is 89.1 Å². The van der Waals surface area contributed by atoms with E-state index in [-0.39, 0.29) is 43.4 Å². The summed E-state index contributed by atoms with van der Waals surface area (Å²) < 4.78 is 20.9. The van der Waals surface area contributed by atoms with Crippen molar-refractivity contribution < 1.29 is 33.0 Å². The van der Waals surface area contributed by atoms with Crippen LogP contribution in [0.1, 0.15) is 52.1 Å². The van der Waals surface area contributed by atoms with E-state index in [4.69, 9.17) is 18.6 Å². The van der Waals surface area contributed by atoms with E-state index in [1.807, 2.05) is 60.7 Å². The Bertz CT molecular complexity index is 1100. The maximum absolute atomic E-state index is 12.4. The Morgan fingerprint density at radius 1 is 0.941 bits per heavy atom. The number of oxazole rings is 1. The van der Waals surface area contributed by atoms with Gasteiger partial charge in [0, 0.05) is 6.42 Å². The number of hydrogen-bond donors (Lipinski definition) is 1. The van der Waals surface area contributed by atoms with E-state index < -0.39 is 24.1 Å². The zero-order valence-corrected chi connectivity index (χ0v) is 19.0. The van der Waals surface area contributed by atoms with Crippen LogP contribution < -0.4 is 5.32 Å². The van der Waals surface area contributed by atoms with Gasteiger partial charge in [0.2, 0.25) is 5.89 Å². The lowest BCUT2D eigenvalue weighted by Gasteiger charge is -2.15. The summed E-state index contributed by atoms with van der Waals surface area (Å²) in [5, 5.41) is 2.65. The number of hydrogen-bond acceptors (Lipinski definition) is 8. The fourth-order valence-corrected chi connectivity index (χ4v) is 3.09. The molecule has 0 aliphatic carbocycles. The molecule has 1 atom stereocenters. The van der Waals surface area contributed by atoms with Gasteiger partial charge in [-0.15, -0.1) is 0 Å². The van der Waals surface area contributed by atoms with Crippen LogP contribution in [-0.2, 0) is 32.2 Å². The molecule has 1 aromatic heterocycles. The molecule has 0 bridgehead atoms. The molecule has 9 heteroatoms. The summed E-state index contributed by atoms with van der Waals surface area (Å²) in [6.07, 6.45) is -0.623. The highest BCUT2D eigenvalue weighted by Crippen LogP contribution is 2.22. The van der Waals surface area contributed by atoms with Gasteiger partial charge in [0.25, 0.3) is 0 Å². The molecular weight excluding hydrogens is 440 g/mol. The number of carbonyl (C=O) groups is 3. The first-order valence-electron chi connectivity index (χ1n) is 10.7. The molecule has 0 unspecified atom stereocenters. The average molecular weight is 466 g/mol. The average Bonchev–Trinajstić information content (AvgIpc) is 3.26. The van der Waals surface area contributed by atoms with Gasteiger partial charge >= 0.3 is 18.0 Å². The Morgan fingerprint density at radius 3 is 2.12 bits per heavy atom. The van der Waals surface area contributed by atoms with Gasteiger partial charge in [-0.3, -0.25) is 4.79 Å². The first kappa shape index (κ1) is 24.5. The minimum Gasteiger partial charge on any atom is -0.464 e. The molecule has 2 aromatic carbocycles. The molecule has 3 rings (SSSR count). The number of aryl methyl sites for hydroxylation is 1. The third-order valence-electron chi connectivity index (χ3n) is 4.87. The Morgan fingerprint density at radius 2 is 1.53 bits per heavy atom. The highest BCUT2D eigenvalue weighted by molar-refractivity contribution is 5.88. The van der Waals surface area contributed by atoms with E-state index in [1.165, 1.54) is 7.11 Å². The van der Waals surface area contributed by atoms with Crippen molar-refractivity contribution >= 4 is 18.0 Å². The summed E-state index contributed by atoms with van der Waals surface area (Å²) >= 11 is 0. The quantitative estimate of drug-likeness (QED) is 0.348. The molecule has 0 saturated heterocycles. The summed E-state index contributed by atoms with van der Waals surface area (Å²) in [6, 6.07) is 17.6. The molecule has 9 nitrogen and oxygen atoms in total. The fraction of sp³-hybridized carbons (Fsp3) is 0.280. The van der Waals surface area contributed by atoms with Gasteiger partial charge in [-0.05, 0) is 24.5 Å². The Balaban J connectivity index is 1.64. The fourth-order valence-electron chi connectivity index (χ4n) is 3.09. The zero-order chi connectivity index (χ0) is 24.3. The summed E-state index contributed by atoms with van der Waals surface area (Å²) in [6.45, 7) is 1.76. The molecule has 1 heterocycles. The minimum atomic E-state index is -0.829. The Labute approximate surface area is 197 Å². The molecule has 34 heavy (non-hydrogen) atoms. The third kappa shape index (κ3) is 7.19. The lowest BCUT2D eigenvalue weighted by Crippen LogP contribution is -2.30. The van der Waals surface area contributed by atoms with Crippen LogP contribution in [0.3, 0.4) is 0 Å². The molecule has 0 spiro atoms. The number of amides is 1. The number of benzene rings is 2. The van der Waals surface area contributed by atoms with Crippen molar-refractivity contribution in [3.63, 3.8) is 0 Å². The summed E-state index contributed by atoms with van der Waals surface area (Å²) in [5.74, 6) is -0.826. The van der Waals surface area contributed by atoms with Crippen molar-refractivity contribution in [1.82, 2.24) is 10.3 Å². The highest BCUT2D eigenvalue weighted by atomic mass is 16.5. The number of ether oxygens (including phenoxy) is 3. The van der Waals surface area contributed by atoms with Gasteiger partial charge in [0.1, 0.15) is 25.0 Å². The van der Waals surface area contributed by atoms with Crippen LogP contribution in [0.2, 0.25) is 0 Å². The van der Waals surface area contributed by atoms with Crippen molar-refractivity contribution in [2.75, 3.05) is 7.11 Å². The number of nitrogens with one attached hydrogen (secondary N) is 1. The summed E-state index contributed by atoms with van der Waals surface area (Å²) in [5.41, 5.74) is 1.67. The van der Waals surface area contributed by atoms with Crippen LogP contribution in [0.4, 0.5) is 4.79 Å². The van der Waals surface area contributed by atoms with E-state index in [9.17, 15) is 14.4 Å². The van der Waals surface area contributed by atoms with E-state index in [1.54, 1.807) is 6.92 Å². The number of aromatic nitrogens is 1. The largest absolute Gasteiger partial charge is 0.464 e. The van der Waals surface area contributed by atoms with Crippen molar-refractivity contribution in [2.24, 2.45) is 0 Å². The molecule has 1 amide bonds. The van der Waals surface area contributed by atoms with Crippen LogP contribution in [-0.4, -0.2) is 30.1 Å². The summed E-state index contributed by atoms with van der Waals surface area (Å²) in [7, 11) is 1.23. The van der Waals surface area contributed by atoms with Crippen molar-refractivity contribution in [2.45, 2.75) is 39.0 Å². The maximum Gasteiger partial charge on any atom is 0.408 e. The van der Waals surface area contributed by atoms with Crippen LogP contribution in [0, 0.1) is 6.92 Å². The zero-order valence-electron chi connectivity index (χ0n) is 19.0. The molecule has 0 fully saturated rings. The van der Waals surface area contributed by atoms with Crippen molar-refractivity contribution in [3.8, 4) is 0 Å². The number of alkyl carbamates (subject to hydrolysis) is 1. The molecular formula is C25H26N2O7. The second-order valence-corrected chi connectivity index (χ2v) is 7.39. The van der Waals surface area contributed by atoms with Crippen LogP contribution in [0.25, 0.3) is 0 Å². The number of carbonyl (C=O) groups excluding carboxylic acids is 3. The van der Waals surface area contributed by atoms with Gasteiger partial charge in [-0.2, -0.15) is 0 Å². The van der Waals surface area contributed by atoms with Crippen LogP contribution in [0.5, 0.6) is 0 Å². The van der Waals surface area contributed by atoms with E-state index in [0.717, 1.165) is 11.1 Å². The molecule has 0 radical (unpaired) electrons. The van der Waals surface area contributed by atoms with Gasteiger partial charge in [0.05, 0.1) is 7.11 Å². The van der Waals surface area contributed by atoms with Gasteiger partial charge < -0.3 is 23.9 Å². The first-order chi connectivity index (χ1) is 16.5. The van der Waals surface area contributed by atoms with Crippen LogP contribution in [0.15, 0.2) is 65.1 Å². The number of nitrogens with zero attached hydrogens (tertiary/aromatic N) is 1. The van der Waals surface area contributed by atoms with E-state index in [2.05, 4.69) is 10.3 Å². The lowest BCUT2D eigenvalue weighted by molar-refractivity contribution is -0.145. The Kier molecular flexibility index (Phi) is 8.79. The normalized spacial score (nSPS) is 11.4. The second kappa shape index (κ2) is 12.2. The molecule has 1 N–H and O–H groups in total. The standard InChI is InChI=1S/C25H26N2O7/c1-17-22(24(29)31-2)27-23(34-17)20(26-25(30)33-16-19-11-7-4-8-12-19)13-14-21(28)32-15-18-9-5-3-6-10-18/h3-12,20H,13-16H2,1-2H3,(H,26,30)/t20-/m0/s1. The number of methoxy groups -OCH3 is 1. The smallest absolute Gasteiger partial charge is 0.408 e. The molecule has 178 valence electrons. The number of esters is 2. The second-order valence-electron chi connectivity index (χ2n) is 7.39. The lowest BCUT2D eigenvalue weighted by atomic mass is 10.1. The van der Waals surface area contributed by atoms with Gasteiger partial charge in [0.15, 0.2) is 5.69 Å². The van der Waals surface area contributed by atoms with Crippen molar-refractivity contribution in [1.29, 1.82) is 0 Å². The first-order valence-corrected chi connectivity index (χ1v) is 10.7. The van der Waals surface area contributed by atoms with Gasteiger partial charge in [-0.25, -0.2) is 14.6 Å². The Hall–Kier alpha value is -4.14. The SMILES string of the molecule is COC(=O)c1nc([C@H](CCC(=O)OCc2ccccc2)NC(=O)OCc2ccccc2)oc1C. The number of rotatable bonds is 10. The molecule has 0 aliphatic rings. The van der Waals surface area contributed by atoms with Crippen LogP contribution >= 0.6 is 0 Å². The predicted octanol–water partition coefficient (Wildman–Crippen LogP) is 4.26. The minimum absolute atomic E-state index is 0.00592.